The first-order chi connectivity index (χ1) is 14.5. The third kappa shape index (κ3) is 3.47. The van der Waals surface area contributed by atoms with Crippen LogP contribution in [0.15, 0.2) is 59.8 Å². The number of allylic oxidation sites excluding steroid dienone is 1. The molecule has 154 valence electrons. The minimum Gasteiger partial charge on any atom is -0.463 e. The van der Waals surface area contributed by atoms with Crippen molar-refractivity contribution in [2.75, 3.05) is 11.9 Å². The van der Waals surface area contributed by atoms with Gasteiger partial charge in [0, 0.05) is 5.70 Å². The van der Waals surface area contributed by atoms with Crippen LogP contribution in [-0.2, 0) is 16.0 Å². The highest BCUT2D eigenvalue weighted by Crippen LogP contribution is 2.37. The van der Waals surface area contributed by atoms with Gasteiger partial charge in [-0.25, -0.2) is 13.9 Å². The van der Waals surface area contributed by atoms with E-state index in [1.807, 2.05) is 24.3 Å². The van der Waals surface area contributed by atoms with Crippen molar-refractivity contribution in [2.24, 2.45) is 0 Å². The van der Waals surface area contributed by atoms with Gasteiger partial charge in [0.2, 0.25) is 5.95 Å². The number of esters is 1. The average molecular weight is 406 g/mol. The van der Waals surface area contributed by atoms with E-state index in [0.29, 0.717) is 22.8 Å². The van der Waals surface area contributed by atoms with Crippen molar-refractivity contribution in [3.05, 3.63) is 76.7 Å². The van der Waals surface area contributed by atoms with Gasteiger partial charge in [0.25, 0.3) is 0 Å². The molecule has 0 aliphatic carbocycles. The second-order valence-electron chi connectivity index (χ2n) is 7.07. The second-order valence-corrected chi connectivity index (χ2v) is 7.07. The topological polar surface area (TPSA) is 69.0 Å². The summed E-state index contributed by atoms with van der Waals surface area (Å²) in [6, 6.07) is 13.9. The number of carbonyl (C=O) groups excluding carboxylic acids is 1. The molecule has 30 heavy (non-hydrogen) atoms. The molecule has 3 aromatic rings. The van der Waals surface area contributed by atoms with E-state index in [0.717, 1.165) is 12.0 Å². The standard InChI is InChI=1S/C23H23FN4O2/c1-4-15-10-12-16(13-11-15)20-19(22(29)30-5-2)14(3)25-23-26-21(27-28(20)23)17-8-6-7-9-18(17)24/h6-13,20H,4-5H2,1-3H3,(H,25,26,27). The molecular formula is C23H23FN4O2. The predicted octanol–water partition coefficient (Wildman–Crippen LogP) is 4.50. The van der Waals surface area contributed by atoms with Crippen molar-refractivity contribution >= 4 is 11.9 Å². The lowest BCUT2D eigenvalue weighted by atomic mass is 9.95. The van der Waals surface area contributed by atoms with Gasteiger partial charge in [-0.3, -0.25) is 0 Å². The van der Waals surface area contributed by atoms with Gasteiger partial charge < -0.3 is 10.1 Å². The van der Waals surface area contributed by atoms with Crippen LogP contribution in [0, 0.1) is 5.82 Å². The van der Waals surface area contributed by atoms with E-state index < -0.39 is 17.8 Å². The maximum Gasteiger partial charge on any atom is 0.338 e. The molecule has 0 radical (unpaired) electrons. The summed E-state index contributed by atoms with van der Waals surface area (Å²) in [7, 11) is 0. The third-order valence-electron chi connectivity index (χ3n) is 5.17. The van der Waals surface area contributed by atoms with Crippen LogP contribution in [-0.4, -0.2) is 27.3 Å². The van der Waals surface area contributed by atoms with Crippen LogP contribution in [0.2, 0.25) is 0 Å². The lowest BCUT2D eigenvalue weighted by Crippen LogP contribution is -2.29. The summed E-state index contributed by atoms with van der Waals surface area (Å²) in [5.41, 5.74) is 3.47. The van der Waals surface area contributed by atoms with Crippen LogP contribution in [0.5, 0.6) is 0 Å². The molecule has 6 nitrogen and oxygen atoms in total. The molecular weight excluding hydrogens is 383 g/mol. The molecule has 0 spiro atoms. The third-order valence-corrected chi connectivity index (χ3v) is 5.17. The lowest BCUT2D eigenvalue weighted by Gasteiger charge is -2.28. The molecule has 2 heterocycles. The van der Waals surface area contributed by atoms with Gasteiger partial charge in [-0.05, 0) is 43.5 Å². The minimum atomic E-state index is -0.528. The number of aryl methyl sites for hydroxylation is 1. The molecule has 1 aliphatic rings. The second kappa shape index (κ2) is 8.10. The maximum absolute atomic E-state index is 14.3. The van der Waals surface area contributed by atoms with Crippen molar-refractivity contribution in [3.63, 3.8) is 0 Å². The van der Waals surface area contributed by atoms with E-state index in [9.17, 15) is 9.18 Å². The van der Waals surface area contributed by atoms with Gasteiger partial charge in [0.15, 0.2) is 5.82 Å². The number of aromatic nitrogens is 3. The Morgan fingerprint density at radius 1 is 1.17 bits per heavy atom. The summed E-state index contributed by atoms with van der Waals surface area (Å²) < 4.78 is 21.3. The van der Waals surface area contributed by atoms with Crippen molar-refractivity contribution in [1.82, 2.24) is 14.8 Å². The zero-order valence-corrected chi connectivity index (χ0v) is 17.1. The van der Waals surface area contributed by atoms with Crippen LogP contribution in [0.3, 0.4) is 0 Å². The van der Waals surface area contributed by atoms with E-state index in [-0.39, 0.29) is 12.4 Å². The molecule has 0 amide bonds. The number of fused-ring (bicyclic) bond motifs is 1. The van der Waals surface area contributed by atoms with E-state index in [1.54, 1.807) is 36.7 Å². The Hall–Kier alpha value is -3.48. The van der Waals surface area contributed by atoms with Crippen LogP contribution < -0.4 is 5.32 Å². The number of carbonyl (C=O) groups is 1. The molecule has 1 aromatic heterocycles. The highest BCUT2D eigenvalue weighted by Gasteiger charge is 2.35. The first-order valence-electron chi connectivity index (χ1n) is 9.98. The fourth-order valence-electron chi connectivity index (χ4n) is 3.62. The van der Waals surface area contributed by atoms with Crippen molar-refractivity contribution < 1.29 is 13.9 Å². The normalized spacial score (nSPS) is 15.5. The zero-order valence-electron chi connectivity index (χ0n) is 17.1. The predicted molar refractivity (Wildman–Crippen MR) is 112 cm³/mol. The van der Waals surface area contributed by atoms with Gasteiger partial charge >= 0.3 is 5.97 Å². The molecule has 1 aliphatic heterocycles. The molecule has 1 atom stereocenters. The summed E-state index contributed by atoms with van der Waals surface area (Å²) in [4.78, 5) is 17.3. The Morgan fingerprint density at radius 3 is 2.57 bits per heavy atom. The van der Waals surface area contributed by atoms with Crippen LogP contribution in [0.1, 0.15) is 37.9 Å². The van der Waals surface area contributed by atoms with Gasteiger partial charge in [-0.1, -0.05) is 43.3 Å². The number of anilines is 1. The van der Waals surface area contributed by atoms with E-state index in [4.69, 9.17) is 4.74 Å². The van der Waals surface area contributed by atoms with Gasteiger partial charge in [-0.2, -0.15) is 4.98 Å². The number of hydrogen-bond acceptors (Lipinski definition) is 5. The van der Waals surface area contributed by atoms with Crippen LogP contribution in [0.4, 0.5) is 10.3 Å². The van der Waals surface area contributed by atoms with Crippen LogP contribution in [0.25, 0.3) is 11.4 Å². The highest BCUT2D eigenvalue weighted by molar-refractivity contribution is 5.92. The summed E-state index contributed by atoms with van der Waals surface area (Å²) in [6.07, 6.45) is 0.915. The number of ether oxygens (including phenoxy) is 1. The smallest absolute Gasteiger partial charge is 0.338 e. The molecule has 0 bridgehead atoms. The number of halogens is 1. The number of rotatable bonds is 5. The molecule has 1 N–H and O–H groups in total. The first kappa shape index (κ1) is 19.8. The molecule has 1 unspecified atom stereocenters. The number of hydrogen-bond donors (Lipinski definition) is 1. The average Bonchev–Trinajstić information content (AvgIpc) is 3.16. The van der Waals surface area contributed by atoms with Crippen LogP contribution >= 0.6 is 0 Å². The maximum atomic E-state index is 14.3. The van der Waals surface area contributed by atoms with Gasteiger partial charge in [0.05, 0.1) is 17.7 Å². The molecule has 0 saturated carbocycles. The first-order valence-corrected chi connectivity index (χ1v) is 9.98. The lowest BCUT2D eigenvalue weighted by molar-refractivity contribution is -0.139. The van der Waals surface area contributed by atoms with E-state index in [1.165, 1.54) is 11.6 Å². The Balaban J connectivity index is 1.86. The van der Waals surface area contributed by atoms with E-state index >= 15 is 0 Å². The summed E-state index contributed by atoms with van der Waals surface area (Å²) in [5.74, 6) is -0.118. The summed E-state index contributed by atoms with van der Waals surface area (Å²) in [6.45, 7) is 5.93. The van der Waals surface area contributed by atoms with Crippen molar-refractivity contribution in [3.8, 4) is 11.4 Å². The minimum absolute atomic E-state index is 0.253. The van der Waals surface area contributed by atoms with Crippen molar-refractivity contribution in [1.29, 1.82) is 0 Å². The molecule has 2 aromatic carbocycles. The number of nitrogens with one attached hydrogen (secondary N) is 1. The molecule has 0 fully saturated rings. The fraction of sp³-hybridized carbons (Fsp3) is 0.261. The monoisotopic (exact) mass is 406 g/mol. The highest BCUT2D eigenvalue weighted by atomic mass is 19.1. The summed E-state index contributed by atoms with van der Waals surface area (Å²) >= 11 is 0. The number of nitrogens with zero attached hydrogens (tertiary/aromatic N) is 3. The molecule has 0 saturated heterocycles. The summed E-state index contributed by atoms with van der Waals surface area (Å²) in [5, 5.41) is 7.70. The molecule has 7 heteroatoms. The quantitative estimate of drug-likeness (QED) is 0.632. The van der Waals surface area contributed by atoms with E-state index in [2.05, 4.69) is 22.3 Å². The Labute approximate surface area is 174 Å². The van der Waals surface area contributed by atoms with Gasteiger partial charge in [0.1, 0.15) is 11.9 Å². The zero-order chi connectivity index (χ0) is 21.3. The largest absolute Gasteiger partial charge is 0.463 e. The SMILES string of the molecule is CCOC(=O)C1=C(C)Nc2nc(-c3ccccc3F)nn2C1c1ccc(CC)cc1. The molecule has 4 rings (SSSR count). The van der Waals surface area contributed by atoms with Gasteiger partial charge in [-0.15, -0.1) is 5.10 Å². The Morgan fingerprint density at radius 2 is 1.90 bits per heavy atom. The number of benzene rings is 2. The fourth-order valence-corrected chi connectivity index (χ4v) is 3.62. The Kier molecular flexibility index (Phi) is 5.35. The van der Waals surface area contributed by atoms with Crippen molar-refractivity contribution in [2.45, 2.75) is 33.2 Å². The Bertz CT molecular complexity index is 1120.